The van der Waals surface area contributed by atoms with E-state index in [-0.39, 0.29) is 11.9 Å². The van der Waals surface area contributed by atoms with Gasteiger partial charge in [0, 0.05) is 37.9 Å². The number of carbonyl (C=O) groups excluding carboxylic acids is 1. The number of aliphatic hydroxyl groups excluding tert-OH is 1. The molecule has 1 aromatic carbocycles. The predicted molar refractivity (Wildman–Crippen MR) is 106 cm³/mol. The number of likely N-dealkylation sites (tertiary alicyclic amines) is 1. The monoisotopic (exact) mass is 384 g/mol. The summed E-state index contributed by atoms with van der Waals surface area (Å²) in [5, 5.41) is 15.2. The number of para-hydroxylation sites is 1. The van der Waals surface area contributed by atoms with Crippen molar-refractivity contribution in [3.8, 4) is 5.69 Å². The third-order valence-electron chi connectivity index (χ3n) is 5.74. The van der Waals surface area contributed by atoms with E-state index in [4.69, 9.17) is 4.74 Å². The Morgan fingerprint density at radius 1 is 1.11 bits per heavy atom. The second-order valence-electron chi connectivity index (χ2n) is 7.57. The molecule has 28 heavy (non-hydrogen) atoms. The average molecular weight is 384 g/mol. The van der Waals surface area contributed by atoms with Crippen molar-refractivity contribution in [1.29, 1.82) is 0 Å². The number of nitrogens with zero attached hydrogens (tertiary/aromatic N) is 4. The molecule has 2 aliphatic heterocycles. The van der Waals surface area contributed by atoms with Crippen LogP contribution in [0.5, 0.6) is 0 Å². The second-order valence-corrected chi connectivity index (χ2v) is 7.57. The van der Waals surface area contributed by atoms with Crippen molar-refractivity contribution in [2.24, 2.45) is 0 Å². The smallest absolute Gasteiger partial charge is 0.274 e. The Bertz CT molecular complexity index is 801. The van der Waals surface area contributed by atoms with Crippen molar-refractivity contribution < 1.29 is 14.6 Å². The molecule has 1 N–H and O–H groups in total. The lowest BCUT2D eigenvalue weighted by atomic mass is 10.0. The van der Waals surface area contributed by atoms with E-state index in [0.717, 1.165) is 30.9 Å². The molecule has 0 radical (unpaired) electrons. The van der Waals surface area contributed by atoms with Crippen molar-refractivity contribution in [2.75, 3.05) is 39.4 Å². The van der Waals surface area contributed by atoms with Gasteiger partial charge in [-0.25, -0.2) is 4.68 Å². The molecular weight excluding hydrogens is 356 g/mol. The molecule has 2 atom stereocenters. The maximum Gasteiger partial charge on any atom is 0.274 e. The molecule has 1 aromatic heterocycles. The van der Waals surface area contributed by atoms with Gasteiger partial charge >= 0.3 is 0 Å². The van der Waals surface area contributed by atoms with Crippen LogP contribution in [0.1, 0.15) is 29.0 Å². The number of amides is 1. The maximum absolute atomic E-state index is 13.1. The predicted octanol–water partition coefficient (Wildman–Crippen LogP) is 1.48. The summed E-state index contributed by atoms with van der Waals surface area (Å²) in [5.41, 5.74) is 2.33. The quantitative estimate of drug-likeness (QED) is 0.868. The Morgan fingerprint density at radius 2 is 1.82 bits per heavy atom. The van der Waals surface area contributed by atoms with E-state index in [9.17, 15) is 9.90 Å². The fraction of sp³-hybridized carbons (Fsp3) is 0.524. The fourth-order valence-corrected chi connectivity index (χ4v) is 4.18. The Kier molecular flexibility index (Phi) is 5.75. The molecule has 1 amide bonds. The van der Waals surface area contributed by atoms with Crippen LogP contribution in [0.4, 0.5) is 0 Å². The highest BCUT2D eigenvalue weighted by molar-refractivity contribution is 5.92. The van der Waals surface area contributed by atoms with Gasteiger partial charge in [0.05, 0.1) is 25.0 Å². The van der Waals surface area contributed by atoms with Crippen LogP contribution in [0.2, 0.25) is 0 Å². The molecule has 2 aliphatic rings. The van der Waals surface area contributed by atoms with Gasteiger partial charge in [0.2, 0.25) is 0 Å². The van der Waals surface area contributed by atoms with E-state index in [1.54, 1.807) is 4.68 Å². The van der Waals surface area contributed by atoms with E-state index in [1.165, 1.54) is 0 Å². The number of aromatic nitrogens is 2. The number of aliphatic hydroxyl groups is 1. The zero-order valence-corrected chi connectivity index (χ0v) is 16.3. The highest BCUT2D eigenvalue weighted by Crippen LogP contribution is 2.21. The van der Waals surface area contributed by atoms with Gasteiger partial charge in [0.1, 0.15) is 0 Å². The summed E-state index contributed by atoms with van der Waals surface area (Å²) in [6, 6.07) is 11.8. The summed E-state index contributed by atoms with van der Waals surface area (Å²) < 4.78 is 7.23. The first-order chi connectivity index (χ1) is 13.6. The lowest BCUT2D eigenvalue weighted by Crippen LogP contribution is -2.49. The van der Waals surface area contributed by atoms with Crippen LogP contribution in [-0.4, -0.2) is 82.1 Å². The third kappa shape index (κ3) is 3.97. The molecule has 150 valence electrons. The molecule has 0 aliphatic carbocycles. The molecule has 7 heteroatoms. The van der Waals surface area contributed by atoms with Crippen molar-refractivity contribution in [3.63, 3.8) is 0 Å². The molecule has 0 bridgehead atoms. The summed E-state index contributed by atoms with van der Waals surface area (Å²) in [7, 11) is 0. The summed E-state index contributed by atoms with van der Waals surface area (Å²) in [6.07, 6.45) is 0.941. The van der Waals surface area contributed by atoms with Crippen molar-refractivity contribution >= 4 is 5.91 Å². The highest BCUT2D eigenvalue weighted by atomic mass is 16.5. The van der Waals surface area contributed by atoms with Crippen LogP contribution in [0.15, 0.2) is 36.4 Å². The van der Waals surface area contributed by atoms with E-state index < -0.39 is 6.10 Å². The van der Waals surface area contributed by atoms with Crippen LogP contribution in [0.25, 0.3) is 5.69 Å². The minimum atomic E-state index is -0.417. The van der Waals surface area contributed by atoms with Crippen LogP contribution < -0.4 is 0 Å². The van der Waals surface area contributed by atoms with E-state index in [2.05, 4.69) is 10.00 Å². The lowest BCUT2D eigenvalue weighted by Gasteiger charge is -2.36. The SMILES string of the molecule is Cc1cc(C(=O)N2CC[C@H](O)[C@@H](N3CCOCC3)CC2)nn1-c1ccccc1. The Hall–Kier alpha value is -2.22. The number of carbonyl (C=O) groups is 1. The maximum atomic E-state index is 13.1. The van der Waals surface area contributed by atoms with Gasteiger partial charge in [-0.2, -0.15) is 5.10 Å². The van der Waals surface area contributed by atoms with Gasteiger partial charge in [-0.3, -0.25) is 9.69 Å². The highest BCUT2D eigenvalue weighted by Gasteiger charge is 2.32. The van der Waals surface area contributed by atoms with E-state index >= 15 is 0 Å². The van der Waals surface area contributed by atoms with E-state index in [0.29, 0.717) is 38.4 Å². The van der Waals surface area contributed by atoms with Crippen molar-refractivity contribution in [1.82, 2.24) is 19.6 Å². The summed E-state index contributed by atoms with van der Waals surface area (Å²) in [6.45, 7) is 6.25. The Morgan fingerprint density at radius 3 is 2.57 bits per heavy atom. The van der Waals surface area contributed by atoms with Crippen molar-refractivity contribution in [3.05, 3.63) is 47.8 Å². The molecule has 0 unspecified atom stereocenters. The molecule has 0 saturated carbocycles. The summed E-state index contributed by atoms with van der Waals surface area (Å²) in [4.78, 5) is 17.2. The van der Waals surface area contributed by atoms with Gasteiger partial charge in [0.25, 0.3) is 5.91 Å². The van der Waals surface area contributed by atoms with Gasteiger partial charge in [-0.1, -0.05) is 18.2 Å². The zero-order chi connectivity index (χ0) is 19.5. The molecule has 4 rings (SSSR count). The number of ether oxygens (including phenoxy) is 1. The minimum Gasteiger partial charge on any atom is -0.391 e. The first-order valence-corrected chi connectivity index (χ1v) is 10.0. The van der Waals surface area contributed by atoms with Gasteiger partial charge in [-0.05, 0) is 38.0 Å². The lowest BCUT2D eigenvalue weighted by molar-refractivity contribution is -0.0222. The Balaban J connectivity index is 1.47. The molecule has 2 fully saturated rings. The number of benzene rings is 1. The largest absolute Gasteiger partial charge is 0.391 e. The standard InChI is InChI=1S/C21H28N4O3/c1-16-15-18(22-25(16)17-5-3-2-4-6-17)21(27)24-9-7-19(20(26)8-10-24)23-11-13-28-14-12-23/h2-6,15,19-20,26H,7-14H2,1H3/t19-,20-/m0/s1. The van der Waals surface area contributed by atoms with Crippen LogP contribution in [-0.2, 0) is 4.74 Å². The third-order valence-corrected chi connectivity index (χ3v) is 5.74. The molecule has 7 nitrogen and oxygen atoms in total. The first kappa shape index (κ1) is 19.1. The topological polar surface area (TPSA) is 70.8 Å². The summed E-state index contributed by atoms with van der Waals surface area (Å²) >= 11 is 0. The number of hydrogen-bond acceptors (Lipinski definition) is 5. The summed E-state index contributed by atoms with van der Waals surface area (Å²) in [5.74, 6) is -0.0624. The fourth-order valence-electron chi connectivity index (χ4n) is 4.18. The number of rotatable bonds is 3. The van der Waals surface area contributed by atoms with Crippen LogP contribution in [0.3, 0.4) is 0 Å². The molecule has 2 aromatic rings. The first-order valence-electron chi connectivity index (χ1n) is 10.0. The molecule has 2 saturated heterocycles. The zero-order valence-electron chi connectivity index (χ0n) is 16.3. The Labute approximate surface area is 165 Å². The molecule has 0 spiro atoms. The second kappa shape index (κ2) is 8.43. The van der Waals surface area contributed by atoms with Gasteiger partial charge < -0.3 is 14.7 Å². The van der Waals surface area contributed by atoms with Crippen molar-refractivity contribution in [2.45, 2.75) is 31.9 Å². The van der Waals surface area contributed by atoms with Crippen LogP contribution >= 0.6 is 0 Å². The number of hydrogen-bond donors (Lipinski definition) is 1. The average Bonchev–Trinajstić information content (AvgIpc) is 3.01. The van der Waals surface area contributed by atoms with Gasteiger partial charge in [-0.15, -0.1) is 0 Å². The normalized spacial score (nSPS) is 24.1. The van der Waals surface area contributed by atoms with Crippen LogP contribution in [0, 0.1) is 6.92 Å². The number of aryl methyl sites for hydroxylation is 1. The van der Waals surface area contributed by atoms with E-state index in [1.807, 2.05) is 48.2 Å². The minimum absolute atomic E-state index is 0.0624. The molecular formula is C21H28N4O3. The number of morpholine rings is 1. The van der Waals surface area contributed by atoms with Gasteiger partial charge in [0.15, 0.2) is 5.69 Å². The molecule has 3 heterocycles.